The normalized spacial score (nSPS) is 14.7. The van der Waals surface area contributed by atoms with Crippen LogP contribution in [0.4, 0.5) is 0 Å². The van der Waals surface area contributed by atoms with Crippen LogP contribution in [0.3, 0.4) is 0 Å². The van der Waals surface area contributed by atoms with Gasteiger partial charge in [0.1, 0.15) is 8.07 Å². The van der Waals surface area contributed by atoms with Crippen molar-refractivity contribution in [1.29, 1.82) is 0 Å². The Labute approximate surface area is 128 Å². The van der Waals surface area contributed by atoms with Crippen LogP contribution in [0.1, 0.15) is 24.5 Å². The Hall–Kier alpha value is -1.42. The van der Waals surface area contributed by atoms with Crippen molar-refractivity contribution in [3.63, 3.8) is 0 Å². The van der Waals surface area contributed by atoms with E-state index in [0.717, 1.165) is 5.56 Å². The van der Waals surface area contributed by atoms with Gasteiger partial charge in [0, 0.05) is 5.73 Å². The van der Waals surface area contributed by atoms with Gasteiger partial charge < -0.3 is 10.2 Å². The van der Waals surface area contributed by atoms with E-state index in [4.69, 9.17) is 0 Å². The van der Waals surface area contributed by atoms with E-state index in [0.29, 0.717) is 12.8 Å². The van der Waals surface area contributed by atoms with Crippen molar-refractivity contribution < 1.29 is 10.2 Å². The van der Waals surface area contributed by atoms with Gasteiger partial charge in [-0.05, 0) is 18.4 Å². The molecule has 2 N–H and O–H groups in total. The monoisotopic (exact) mass is 300 g/mol. The third kappa shape index (κ3) is 4.03. The molecular formula is C18H24O2Si. The summed E-state index contributed by atoms with van der Waals surface area (Å²) in [6, 6.07) is 19.9. The molecule has 21 heavy (non-hydrogen) atoms. The zero-order valence-electron chi connectivity index (χ0n) is 12.7. The lowest BCUT2D eigenvalue weighted by atomic mass is 10.1. The Morgan fingerprint density at radius 1 is 0.810 bits per heavy atom. The number of aliphatic hydroxyl groups is 2. The average molecular weight is 300 g/mol. The van der Waals surface area contributed by atoms with Crippen LogP contribution in [0.5, 0.6) is 0 Å². The standard InChI is InChI=1S/C18H24O2Si/c1-21(2,16-11-7-4-8-12-16)18(20)14-13-17(19)15-9-5-3-6-10-15/h3-12,17-20H,13-14H2,1-2H3/t17-,18-/m1/s1. The van der Waals surface area contributed by atoms with Gasteiger partial charge in [-0.15, -0.1) is 0 Å². The Bertz CT molecular complexity index is 540. The maximum absolute atomic E-state index is 10.6. The second kappa shape index (κ2) is 7.03. The molecule has 0 aliphatic heterocycles. The van der Waals surface area contributed by atoms with Gasteiger partial charge >= 0.3 is 0 Å². The average Bonchev–Trinajstić information content (AvgIpc) is 2.53. The van der Waals surface area contributed by atoms with E-state index in [1.54, 1.807) is 0 Å². The summed E-state index contributed by atoms with van der Waals surface area (Å²) in [6.45, 7) is 4.36. The molecule has 0 aromatic heterocycles. The zero-order valence-corrected chi connectivity index (χ0v) is 13.7. The van der Waals surface area contributed by atoms with Crippen molar-refractivity contribution in [3.05, 3.63) is 66.2 Å². The molecule has 0 amide bonds. The molecule has 3 heteroatoms. The summed E-state index contributed by atoms with van der Waals surface area (Å²) in [5.74, 6) is 0. The molecule has 2 nitrogen and oxygen atoms in total. The fourth-order valence-corrected chi connectivity index (χ4v) is 4.90. The van der Waals surface area contributed by atoms with Crippen LogP contribution in [-0.4, -0.2) is 24.0 Å². The van der Waals surface area contributed by atoms with E-state index >= 15 is 0 Å². The third-order valence-corrected chi connectivity index (χ3v) is 8.02. The van der Waals surface area contributed by atoms with E-state index in [2.05, 4.69) is 25.2 Å². The SMILES string of the molecule is C[Si](C)(c1ccccc1)[C@@H](O)CC[C@@H](O)c1ccccc1. The van der Waals surface area contributed by atoms with Gasteiger partial charge in [0.15, 0.2) is 0 Å². The highest BCUT2D eigenvalue weighted by atomic mass is 28.3. The van der Waals surface area contributed by atoms with Gasteiger partial charge in [-0.25, -0.2) is 0 Å². The van der Waals surface area contributed by atoms with Crippen molar-refractivity contribution in [2.24, 2.45) is 0 Å². The predicted octanol–water partition coefficient (Wildman–Crippen LogP) is 3.02. The fraction of sp³-hybridized carbons (Fsp3) is 0.333. The molecule has 0 unspecified atom stereocenters. The Morgan fingerprint density at radius 3 is 1.90 bits per heavy atom. The van der Waals surface area contributed by atoms with Crippen LogP contribution >= 0.6 is 0 Å². The molecule has 0 fully saturated rings. The summed E-state index contributed by atoms with van der Waals surface area (Å²) in [4.78, 5) is 0. The van der Waals surface area contributed by atoms with Gasteiger partial charge in [0.2, 0.25) is 0 Å². The van der Waals surface area contributed by atoms with Crippen LogP contribution in [0, 0.1) is 0 Å². The second-order valence-corrected chi connectivity index (χ2v) is 10.8. The molecule has 2 aromatic rings. The van der Waals surface area contributed by atoms with Gasteiger partial charge in [-0.2, -0.15) is 0 Å². The fourth-order valence-electron chi connectivity index (χ4n) is 2.58. The molecular weight excluding hydrogens is 276 g/mol. The predicted molar refractivity (Wildman–Crippen MR) is 90.2 cm³/mol. The molecule has 0 aliphatic rings. The lowest BCUT2D eigenvalue weighted by Crippen LogP contribution is -2.52. The summed E-state index contributed by atoms with van der Waals surface area (Å²) in [6.07, 6.45) is 0.722. The molecule has 0 radical (unpaired) electrons. The van der Waals surface area contributed by atoms with E-state index in [-0.39, 0.29) is 5.73 Å². The molecule has 0 aliphatic carbocycles. The Balaban J connectivity index is 1.97. The summed E-state index contributed by atoms with van der Waals surface area (Å²) in [5, 5.41) is 22.0. The van der Waals surface area contributed by atoms with Gasteiger partial charge in [0.25, 0.3) is 0 Å². The minimum absolute atomic E-state index is 0.349. The first-order valence-electron chi connectivity index (χ1n) is 7.48. The molecule has 2 atom stereocenters. The van der Waals surface area contributed by atoms with Crippen molar-refractivity contribution in [1.82, 2.24) is 0 Å². The van der Waals surface area contributed by atoms with Gasteiger partial charge in [-0.3, -0.25) is 0 Å². The largest absolute Gasteiger partial charge is 0.396 e. The summed E-state index contributed by atoms with van der Waals surface area (Å²) < 4.78 is 0. The highest BCUT2D eigenvalue weighted by molar-refractivity contribution is 6.90. The number of rotatable bonds is 6. The minimum Gasteiger partial charge on any atom is -0.396 e. The van der Waals surface area contributed by atoms with Crippen LogP contribution in [0.25, 0.3) is 0 Å². The number of hydrogen-bond donors (Lipinski definition) is 2. The van der Waals surface area contributed by atoms with E-state index < -0.39 is 14.2 Å². The summed E-state index contributed by atoms with van der Waals surface area (Å²) in [7, 11) is -1.91. The number of benzene rings is 2. The van der Waals surface area contributed by atoms with Crippen molar-refractivity contribution in [2.75, 3.05) is 0 Å². The van der Waals surface area contributed by atoms with Crippen molar-refractivity contribution in [3.8, 4) is 0 Å². The minimum atomic E-state index is -1.91. The third-order valence-electron chi connectivity index (χ3n) is 4.25. The first kappa shape index (κ1) is 16.0. The first-order valence-corrected chi connectivity index (χ1v) is 10.6. The van der Waals surface area contributed by atoms with E-state index in [9.17, 15) is 10.2 Å². The first-order chi connectivity index (χ1) is 10.0. The molecule has 0 saturated carbocycles. The van der Waals surface area contributed by atoms with E-state index in [1.165, 1.54) is 5.19 Å². The summed E-state index contributed by atoms with van der Waals surface area (Å²) in [5.41, 5.74) is 0.571. The molecule has 2 aromatic carbocycles. The Morgan fingerprint density at radius 2 is 1.33 bits per heavy atom. The van der Waals surface area contributed by atoms with Crippen LogP contribution in [-0.2, 0) is 0 Å². The molecule has 2 rings (SSSR count). The zero-order chi connectivity index (χ0) is 15.3. The molecule has 0 saturated heterocycles. The lowest BCUT2D eigenvalue weighted by molar-refractivity contribution is 0.141. The summed E-state index contributed by atoms with van der Waals surface area (Å²) >= 11 is 0. The number of hydrogen-bond acceptors (Lipinski definition) is 2. The highest BCUT2D eigenvalue weighted by Crippen LogP contribution is 2.22. The maximum atomic E-state index is 10.6. The van der Waals surface area contributed by atoms with Crippen LogP contribution in [0.2, 0.25) is 13.1 Å². The number of aliphatic hydroxyl groups excluding tert-OH is 2. The highest BCUT2D eigenvalue weighted by Gasteiger charge is 2.32. The molecule has 112 valence electrons. The molecule has 0 bridgehead atoms. The van der Waals surface area contributed by atoms with Crippen molar-refractivity contribution in [2.45, 2.75) is 37.8 Å². The second-order valence-electron chi connectivity index (χ2n) is 6.11. The topological polar surface area (TPSA) is 40.5 Å². The van der Waals surface area contributed by atoms with E-state index in [1.807, 2.05) is 48.5 Å². The van der Waals surface area contributed by atoms with Crippen LogP contribution in [0.15, 0.2) is 60.7 Å². The van der Waals surface area contributed by atoms with Gasteiger partial charge in [0.05, 0.1) is 6.10 Å². The molecule has 0 spiro atoms. The van der Waals surface area contributed by atoms with Gasteiger partial charge in [-0.1, -0.05) is 78.9 Å². The van der Waals surface area contributed by atoms with Crippen molar-refractivity contribution >= 4 is 13.3 Å². The smallest absolute Gasteiger partial charge is 0.113 e. The quantitative estimate of drug-likeness (QED) is 0.805. The molecule has 0 heterocycles. The van der Waals surface area contributed by atoms with Crippen LogP contribution < -0.4 is 5.19 Å². The Kier molecular flexibility index (Phi) is 5.34. The lowest BCUT2D eigenvalue weighted by Gasteiger charge is -2.29. The maximum Gasteiger partial charge on any atom is 0.113 e.